The summed E-state index contributed by atoms with van der Waals surface area (Å²) >= 11 is 3.13. The Morgan fingerprint density at radius 1 is 1.32 bits per heavy atom. The normalized spacial score (nSPS) is 12.7. The monoisotopic (exact) mass is 335 g/mol. The number of halogens is 4. The average molecular weight is 336 g/mol. The number of nitrogens with one attached hydrogen (secondary N) is 1. The Balaban J connectivity index is 2.58. The van der Waals surface area contributed by atoms with Gasteiger partial charge in [0.05, 0.1) is 11.7 Å². The third-order valence-corrected chi connectivity index (χ3v) is 3.21. The topological polar surface area (TPSA) is 68.8 Å². The van der Waals surface area contributed by atoms with Crippen LogP contribution in [0.3, 0.4) is 0 Å². The summed E-state index contributed by atoms with van der Waals surface area (Å²) in [4.78, 5) is 0. The highest BCUT2D eigenvalue weighted by atomic mass is 79.9. The first-order chi connectivity index (χ1) is 8.97. The Kier molecular flexibility index (Phi) is 3.88. The van der Waals surface area contributed by atoms with E-state index in [-0.39, 0.29) is 5.56 Å². The summed E-state index contributed by atoms with van der Waals surface area (Å²) in [5.41, 5.74) is 2.57. The molecule has 0 aliphatic heterocycles. The lowest BCUT2D eigenvalue weighted by Gasteiger charge is -2.17. The molecule has 0 saturated heterocycles. The smallest absolute Gasteiger partial charge is 0.194 e. The van der Waals surface area contributed by atoms with E-state index >= 15 is 0 Å². The van der Waals surface area contributed by atoms with Crippen molar-refractivity contribution in [3.05, 3.63) is 45.4 Å². The Labute approximate surface area is 114 Å². The van der Waals surface area contributed by atoms with E-state index < -0.39 is 23.5 Å². The highest BCUT2D eigenvalue weighted by Crippen LogP contribution is 2.29. The summed E-state index contributed by atoms with van der Waals surface area (Å²) in [6.07, 6.45) is 0. The van der Waals surface area contributed by atoms with Crippen molar-refractivity contribution in [2.24, 2.45) is 12.9 Å². The summed E-state index contributed by atoms with van der Waals surface area (Å²) < 4.78 is 41.6. The van der Waals surface area contributed by atoms with E-state index in [4.69, 9.17) is 5.84 Å². The molecule has 2 aromatic rings. The van der Waals surface area contributed by atoms with Crippen molar-refractivity contribution in [1.82, 2.24) is 20.4 Å². The van der Waals surface area contributed by atoms with Crippen molar-refractivity contribution in [2.75, 3.05) is 0 Å². The van der Waals surface area contributed by atoms with Gasteiger partial charge in [-0.25, -0.2) is 23.3 Å². The molecule has 5 nitrogen and oxygen atoms in total. The number of benzene rings is 1. The molecule has 1 aromatic carbocycles. The van der Waals surface area contributed by atoms with E-state index in [1.54, 1.807) is 7.05 Å². The van der Waals surface area contributed by atoms with Crippen molar-refractivity contribution in [1.29, 1.82) is 0 Å². The summed E-state index contributed by atoms with van der Waals surface area (Å²) in [6.45, 7) is 0. The van der Waals surface area contributed by atoms with Crippen molar-refractivity contribution >= 4 is 15.9 Å². The fourth-order valence-corrected chi connectivity index (χ4v) is 2.28. The van der Waals surface area contributed by atoms with Gasteiger partial charge < -0.3 is 0 Å². The zero-order valence-corrected chi connectivity index (χ0v) is 11.2. The van der Waals surface area contributed by atoms with Crippen LogP contribution in [0.4, 0.5) is 13.2 Å². The molecule has 9 heteroatoms. The summed E-state index contributed by atoms with van der Waals surface area (Å²) in [6, 6.07) is 1.01. The minimum absolute atomic E-state index is 0.146. The summed E-state index contributed by atoms with van der Waals surface area (Å²) in [5.74, 6) is 1.24. The fourth-order valence-electron chi connectivity index (χ4n) is 1.73. The van der Waals surface area contributed by atoms with Gasteiger partial charge in [0, 0.05) is 12.6 Å². The average Bonchev–Trinajstić information content (AvgIpc) is 2.71. The summed E-state index contributed by atoms with van der Waals surface area (Å²) in [7, 11) is 1.56. The second-order valence-electron chi connectivity index (χ2n) is 3.75. The van der Waals surface area contributed by atoms with Crippen LogP contribution in [0.2, 0.25) is 0 Å². The molecule has 0 saturated carbocycles. The van der Waals surface area contributed by atoms with Crippen molar-refractivity contribution < 1.29 is 13.2 Å². The molecule has 19 heavy (non-hydrogen) atoms. The van der Waals surface area contributed by atoms with Crippen LogP contribution in [0.1, 0.15) is 17.3 Å². The van der Waals surface area contributed by atoms with Crippen LogP contribution >= 0.6 is 15.9 Å². The molecule has 0 radical (unpaired) electrons. The number of aryl methyl sites for hydroxylation is 1. The molecule has 0 bridgehead atoms. The molecular formula is C10H9BrF3N5. The lowest BCUT2D eigenvalue weighted by atomic mass is 10.0. The van der Waals surface area contributed by atoms with E-state index in [9.17, 15) is 13.2 Å². The van der Waals surface area contributed by atoms with E-state index in [1.807, 2.05) is 0 Å². The zero-order valence-electron chi connectivity index (χ0n) is 9.66. The van der Waals surface area contributed by atoms with E-state index in [0.717, 1.165) is 12.1 Å². The Morgan fingerprint density at radius 3 is 2.53 bits per heavy atom. The molecule has 0 aliphatic rings. The van der Waals surface area contributed by atoms with Crippen molar-refractivity contribution in [3.8, 4) is 0 Å². The SMILES string of the molecule is Cn1nnc(Br)c1C(NN)c1ccc(F)c(F)c1F. The van der Waals surface area contributed by atoms with Crippen LogP contribution in [0.5, 0.6) is 0 Å². The van der Waals surface area contributed by atoms with Gasteiger partial charge >= 0.3 is 0 Å². The Hall–Kier alpha value is -1.45. The van der Waals surface area contributed by atoms with Gasteiger partial charge in [0.1, 0.15) is 0 Å². The largest absolute Gasteiger partial charge is 0.271 e. The molecule has 1 aromatic heterocycles. The van der Waals surface area contributed by atoms with E-state index in [1.165, 1.54) is 4.68 Å². The van der Waals surface area contributed by atoms with Crippen molar-refractivity contribution in [2.45, 2.75) is 6.04 Å². The van der Waals surface area contributed by atoms with E-state index in [0.29, 0.717) is 10.3 Å². The molecule has 1 atom stereocenters. The van der Waals surface area contributed by atoms with Crippen LogP contribution in [-0.4, -0.2) is 15.0 Å². The number of nitrogens with two attached hydrogens (primary N) is 1. The molecule has 0 amide bonds. The third kappa shape index (κ3) is 2.36. The maximum Gasteiger partial charge on any atom is 0.194 e. The first kappa shape index (κ1) is 14.0. The van der Waals surface area contributed by atoms with Gasteiger partial charge in [-0.3, -0.25) is 5.84 Å². The quantitative estimate of drug-likeness (QED) is 0.507. The van der Waals surface area contributed by atoms with Gasteiger partial charge in [0.2, 0.25) is 0 Å². The van der Waals surface area contributed by atoms with Crippen LogP contribution in [-0.2, 0) is 7.05 Å². The highest BCUT2D eigenvalue weighted by molar-refractivity contribution is 9.10. The number of hydrazine groups is 1. The van der Waals surface area contributed by atoms with Gasteiger partial charge in [-0.05, 0) is 22.0 Å². The van der Waals surface area contributed by atoms with E-state index in [2.05, 4.69) is 31.7 Å². The van der Waals surface area contributed by atoms with Crippen LogP contribution in [0.15, 0.2) is 16.7 Å². The molecule has 2 rings (SSSR count). The standard InChI is InChI=1S/C10H9BrF3N5/c1-19-9(10(11)17-18-19)8(16-15)4-2-3-5(12)7(14)6(4)13/h2-3,8,16H,15H2,1H3. The molecule has 1 unspecified atom stereocenters. The van der Waals surface area contributed by atoms with Gasteiger partial charge in [0.25, 0.3) is 0 Å². The number of hydrogen-bond acceptors (Lipinski definition) is 4. The van der Waals surface area contributed by atoms with Crippen molar-refractivity contribution in [3.63, 3.8) is 0 Å². The maximum absolute atomic E-state index is 13.8. The van der Waals surface area contributed by atoms with Gasteiger partial charge in [0.15, 0.2) is 22.1 Å². The van der Waals surface area contributed by atoms with Gasteiger partial charge in [-0.2, -0.15) is 0 Å². The molecule has 3 N–H and O–H groups in total. The zero-order chi connectivity index (χ0) is 14.2. The van der Waals surface area contributed by atoms with Gasteiger partial charge in [-0.1, -0.05) is 11.3 Å². The number of nitrogens with zero attached hydrogens (tertiary/aromatic N) is 3. The third-order valence-electron chi connectivity index (χ3n) is 2.64. The summed E-state index contributed by atoms with van der Waals surface area (Å²) in [5, 5.41) is 7.44. The second-order valence-corrected chi connectivity index (χ2v) is 4.50. The highest BCUT2D eigenvalue weighted by Gasteiger charge is 2.26. The first-order valence-corrected chi connectivity index (χ1v) is 5.91. The lowest BCUT2D eigenvalue weighted by molar-refractivity contribution is 0.430. The molecule has 1 heterocycles. The molecular weight excluding hydrogens is 327 g/mol. The van der Waals surface area contributed by atoms with Crippen LogP contribution in [0.25, 0.3) is 0 Å². The minimum atomic E-state index is -1.55. The fraction of sp³-hybridized carbons (Fsp3) is 0.200. The minimum Gasteiger partial charge on any atom is -0.271 e. The van der Waals surface area contributed by atoms with Crippen LogP contribution in [0, 0.1) is 17.5 Å². The Morgan fingerprint density at radius 2 is 2.00 bits per heavy atom. The number of aromatic nitrogens is 3. The van der Waals surface area contributed by atoms with Gasteiger partial charge in [-0.15, -0.1) is 5.10 Å². The number of rotatable bonds is 3. The second kappa shape index (κ2) is 5.27. The molecule has 0 fully saturated rings. The first-order valence-electron chi connectivity index (χ1n) is 5.12. The predicted octanol–water partition coefficient (Wildman–Crippen LogP) is 1.55. The predicted molar refractivity (Wildman–Crippen MR) is 64.2 cm³/mol. The van der Waals surface area contributed by atoms with Crippen LogP contribution < -0.4 is 11.3 Å². The molecule has 0 spiro atoms. The Bertz CT molecular complexity index is 596. The number of hydrogen-bond donors (Lipinski definition) is 2. The maximum atomic E-state index is 13.8. The molecule has 0 aliphatic carbocycles. The lowest BCUT2D eigenvalue weighted by Crippen LogP contribution is -2.31. The molecule has 102 valence electrons.